The SMILES string of the molecule is O=C(Nc1ccc2c(c1)OCC(=O)N2Cc1ccc(-c2ccccc2C(=O)O)cc1)c1ccncc1. The summed E-state index contributed by atoms with van der Waals surface area (Å²) in [5.41, 5.74) is 4.15. The Morgan fingerprint density at radius 2 is 1.72 bits per heavy atom. The van der Waals surface area contributed by atoms with Crippen molar-refractivity contribution in [1.29, 1.82) is 0 Å². The quantitative estimate of drug-likeness (QED) is 0.418. The first-order chi connectivity index (χ1) is 17.5. The first kappa shape index (κ1) is 22.8. The van der Waals surface area contributed by atoms with Crippen LogP contribution < -0.4 is 15.0 Å². The molecule has 4 aromatic rings. The van der Waals surface area contributed by atoms with Gasteiger partial charge in [-0.25, -0.2) is 4.79 Å². The number of ether oxygens (including phenoxy) is 1. The van der Waals surface area contributed by atoms with E-state index in [-0.39, 0.29) is 24.0 Å². The second kappa shape index (κ2) is 9.71. The van der Waals surface area contributed by atoms with Crippen LogP contribution in [-0.4, -0.2) is 34.5 Å². The lowest BCUT2D eigenvalue weighted by molar-refractivity contribution is -0.121. The Morgan fingerprint density at radius 1 is 0.972 bits per heavy atom. The van der Waals surface area contributed by atoms with Gasteiger partial charge >= 0.3 is 5.97 Å². The number of nitrogens with zero attached hydrogens (tertiary/aromatic N) is 2. The maximum Gasteiger partial charge on any atom is 0.336 e. The van der Waals surface area contributed by atoms with Crippen LogP contribution in [0, 0.1) is 0 Å². The van der Waals surface area contributed by atoms with Gasteiger partial charge < -0.3 is 20.1 Å². The maximum absolute atomic E-state index is 12.7. The molecule has 0 saturated carbocycles. The van der Waals surface area contributed by atoms with Crippen molar-refractivity contribution >= 4 is 29.2 Å². The highest BCUT2D eigenvalue weighted by molar-refractivity contribution is 6.05. The minimum absolute atomic E-state index is 0.112. The Labute approximate surface area is 206 Å². The summed E-state index contributed by atoms with van der Waals surface area (Å²) in [6.07, 6.45) is 3.09. The molecule has 3 aromatic carbocycles. The van der Waals surface area contributed by atoms with E-state index in [1.54, 1.807) is 71.9 Å². The van der Waals surface area contributed by atoms with Crippen molar-refractivity contribution < 1.29 is 24.2 Å². The fraction of sp³-hybridized carbons (Fsp3) is 0.0714. The van der Waals surface area contributed by atoms with Gasteiger partial charge in [0.25, 0.3) is 11.8 Å². The molecule has 0 bridgehead atoms. The van der Waals surface area contributed by atoms with E-state index in [9.17, 15) is 19.5 Å². The van der Waals surface area contributed by atoms with Crippen molar-refractivity contribution in [2.75, 3.05) is 16.8 Å². The summed E-state index contributed by atoms with van der Waals surface area (Å²) in [5, 5.41) is 12.3. The number of hydrogen-bond donors (Lipinski definition) is 2. The number of carboxylic acid groups (broad SMARTS) is 1. The van der Waals surface area contributed by atoms with Crippen LogP contribution in [0.25, 0.3) is 11.1 Å². The van der Waals surface area contributed by atoms with E-state index in [4.69, 9.17) is 4.74 Å². The fourth-order valence-corrected chi connectivity index (χ4v) is 4.06. The van der Waals surface area contributed by atoms with E-state index < -0.39 is 5.97 Å². The van der Waals surface area contributed by atoms with E-state index in [1.807, 2.05) is 24.3 Å². The van der Waals surface area contributed by atoms with Crippen LogP contribution in [0.15, 0.2) is 91.3 Å². The topological polar surface area (TPSA) is 109 Å². The van der Waals surface area contributed by atoms with Crippen molar-refractivity contribution in [2.24, 2.45) is 0 Å². The Balaban J connectivity index is 1.35. The summed E-state index contributed by atoms with van der Waals surface area (Å²) in [5.74, 6) is -0.947. The molecule has 0 atom stereocenters. The molecule has 0 fully saturated rings. The van der Waals surface area contributed by atoms with Gasteiger partial charge in [-0.05, 0) is 47.0 Å². The Hall–Kier alpha value is -4.98. The summed E-state index contributed by atoms with van der Waals surface area (Å²) < 4.78 is 5.64. The van der Waals surface area contributed by atoms with Crippen LogP contribution in [0.1, 0.15) is 26.3 Å². The first-order valence-corrected chi connectivity index (χ1v) is 11.2. The number of carbonyl (C=O) groups excluding carboxylic acids is 2. The van der Waals surface area contributed by atoms with Crippen molar-refractivity contribution in [3.05, 3.63) is 108 Å². The Morgan fingerprint density at radius 3 is 2.47 bits per heavy atom. The molecule has 2 N–H and O–H groups in total. The van der Waals surface area contributed by atoms with Gasteiger partial charge in [0.05, 0.1) is 17.8 Å². The summed E-state index contributed by atoms with van der Waals surface area (Å²) >= 11 is 0. The predicted molar refractivity (Wildman–Crippen MR) is 134 cm³/mol. The molecule has 0 saturated heterocycles. The second-order valence-electron chi connectivity index (χ2n) is 8.19. The van der Waals surface area contributed by atoms with Crippen molar-refractivity contribution in [3.8, 4) is 16.9 Å². The highest BCUT2D eigenvalue weighted by atomic mass is 16.5. The summed E-state index contributed by atoms with van der Waals surface area (Å²) in [6.45, 7) is 0.206. The van der Waals surface area contributed by atoms with Gasteiger partial charge in [0.15, 0.2) is 6.61 Å². The van der Waals surface area contributed by atoms with E-state index >= 15 is 0 Å². The lowest BCUT2D eigenvalue weighted by Crippen LogP contribution is -2.38. The summed E-state index contributed by atoms with van der Waals surface area (Å²) in [4.78, 5) is 42.2. The normalized spacial score (nSPS) is 12.4. The zero-order chi connectivity index (χ0) is 25.1. The minimum Gasteiger partial charge on any atom is -0.481 e. The lowest BCUT2D eigenvalue weighted by atomic mass is 9.98. The largest absolute Gasteiger partial charge is 0.481 e. The van der Waals surface area contributed by atoms with Crippen LogP contribution >= 0.6 is 0 Å². The average molecular weight is 479 g/mol. The maximum atomic E-state index is 12.7. The van der Waals surface area contributed by atoms with Crippen LogP contribution in [0.5, 0.6) is 5.75 Å². The molecule has 36 heavy (non-hydrogen) atoms. The highest BCUT2D eigenvalue weighted by Gasteiger charge is 2.26. The number of rotatable bonds is 6. The smallest absolute Gasteiger partial charge is 0.336 e. The van der Waals surface area contributed by atoms with Crippen molar-refractivity contribution in [1.82, 2.24) is 4.98 Å². The van der Waals surface area contributed by atoms with Crippen LogP contribution in [0.4, 0.5) is 11.4 Å². The third-order valence-corrected chi connectivity index (χ3v) is 5.87. The van der Waals surface area contributed by atoms with E-state index in [1.165, 1.54) is 0 Å². The number of nitrogens with one attached hydrogen (secondary N) is 1. The zero-order valence-electron chi connectivity index (χ0n) is 19.0. The van der Waals surface area contributed by atoms with Crippen LogP contribution in [0.2, 0.25) is 0 Å². The van der Waals surface area contributed by atoms with Gasteiger partial charge in [-0.2, -0.15) is 0 Å². The highest BCUT2D eigenvalue weighted by Crippen LogP contribution is 2.36. The monoisotopic (exact) mass is 479 g/mol. The van der Waals surface area contributed by atoms with Gasteiger partial charge in [0.2, 0.25) is 0 Å². The van der Waals surface area contributed by atoms with Crippen molar-refractivity contribution in [2.45, 2.75) is 6.54 Å². The molecule has 1 aromatic heterocycles. The van der Waals surface area contributed by atoms with Crippen LogP contribution in [-0.2, 0) is 11.3 Å². The Bertz CT molecular complexity index is 1450. The number of amides is 2. The number of aromatic carboxylic acids is 1. The molecule has 0 radical (unpaired) electrons. The molecule has 8 heteroatoms. The molecule has 5 rings (SSSR count). The van der Waals surface area contributed by atoms with Crippen LogP contribution in [0.3, 0.4) is 0 Å². The number of benzene rings is 3. The summed E-state index contributed by atoms with van der Waals surface area (Å²) in [6, 6.07) is 22.7. The fourth-order valence-electron chi connectivity index (χ4n) is 4.06. The third-order valence-electron chi connectivity index (χ3n) is 5.87. The summed E-state index contributed by atoms with van der Waals surface area (Å²) in [7, 11) is 0. The predicted octanol–water partition coefficient (Wildman–Crippen LogP) is 4.62. The molecule has 0 unspecified atom stereocenters. The second-order valence-corrected chi connectivity index (χ2v) is 8.19. The van der Waals surface area contributed by atoms with E-state index in [2.05, 4.69) is 10.3 Å². The molecule has 2 heterocycles. The molecule has 1 aliphatic rings. The Kier molecular flexibility index (Phi) is 6.15. The third kappa shape index (κ3) is 4.65. The first-order valence-electron chi connectivity index (χ1n) is 11.2. The zero-order valence-corrected chi connectivity index (χ0v) is 19.0. The van der Waals surface area contributed by atoms with Gasteiger partial charge in [-0.15, -0.1) is 0 Å². The lowest BCUT2D eigenvalue weighted by Gasteiger charge is -2.30. The molecule has 8 nitrogen and oxygen atoms in total. The van der Waals surface area contributed by atoms with E-state index in [0.717, 1.165) is 11.1 Å². The van der Waals surface area contributed by atoms with Gasteiger partial charge in [-0.1, -0.05) is 42.5 Å². The number of aromatic nitrogens is 1. The molecule has 0 aliphatic carbocycles. The van der Waals surface area contributed by atoms with Gasteiger partial charge in [0, 0.05) is 29.7 Å². The molecule has 1 aliphatic heterocycles. The number of anilines is 2. The standard InChI is InChI=1S/C28H21N3O5/c32-26-17-36-25-15-21(30-27(33)20-11-13-29-14-12-20)9-10-24(25)31(26)16-18-5-7-19(8-6-18)22-3-1-2-4-23(22)28(34)35/h1-15H,16-17H2,(H,30,33)(H,34,35). The molecule has 0 spiro atoms. The minimum atomic E-state index is -0.985. The number of fused-ring (bicyclic) bond motifs is 1. The van der Waals surface area contributed by atoms with E-state index in [0.29, 0.717) is 34.8 Å². The number of carbonyl (C=O) groups is 3. The molecular formula is C28H21N3O5. The number of pyridine rings is 1. The molecule has 178 valence electrons. The van der Waals surface area contributed by atoms with Crippen molar-refractivity contribution in [3.63, 3.8) is 0 Å². The average Bonchev–Trinajstić information content (AvgIpc) is 2.91. The number of carboxylic acids is 1. The molecular weight excluding hydrogens is 458 g/mol. The molecule has 2 amide bonds. The van der Waals surface area contributed by atoms with Gasteiger partial charge in [0.1, 0.15) is 5.75 Å². The number of hydrogen-bond acceptors (Lipinski definition) is 5. The van der Waals surface area contributed by atoms with Gasteiger partial charge in [-0.3, -0.25) is 14.6 Å².